The van der Waals surface area contributed by atoms with Crippen molar-refractivity contribution in [3.05, 3.63) is 94.3 Å². The summed E-state index contributed by atoms with van der Waals surface area (Å²) in [5.74, 6) is 0.145. The SMILES string of the molecule is Cc1nc2c(Cc3ccccc3Cl)cc(CC(=O)NS(=O)(=O)c3ccccc3)cc2[nH]1. The fraction of sp³-hybridized carbons (Fsp3) is 0.130. The molecule has 4 aromatic rings. The highest BCUT2D eigenvalue weighted by molar-refractivity contribution is 7.90. The lowest BCUT2D eigenvalue weighted by atomic mass is 9.99. The molecule has 1 amide bonds. The number of hydrogen-bond donors (Lipinski definition) is 2. The summed E-state index contributed by atoms with van der Waals surface area (Å²) in [5.41, 5.74) is 4.12. The molecule has 0 bridgehead atoms. The summed E-state index contributed by atoms with van der Waals surface area (Å²) in [7, 11) is -3.92. The number of benzene rings is 3. The van der Waals surface area contributed by atoms with Gasteiger partial charge >= 0.3 is 0 Å². The van der Waals surface area contributed by atoms with Crippen LogP contribution < -0.4 is 4.72 Å². The van der Waals surface area contributed by atoms with Crippen LogP contribution in [0.3, 0.4) is 0 Å². The number of carbonyl (C=O) groups excluding carboxylic acids is 1. The molecule has 1 aromatic heterocycles. The van der Waals surface area contributed by atoms with Crippen LogP contribution in [0.15, 0.2) is 71.6 Å². The van der Waals surface area contributed by atoms with E-state index in [0.717, 1.165) is 28.0 Å². The van der Waals surface area contributed by atoms with Crippen molar-refractivity contribution in [1.29, 1.82) is 0 Å². The van der Waals surface area contributed by atoms with E-state index in [1.165, 1.54) is 12.1 Å². The molecule has 3 aromatic carbocycles. The standard InChI is InChI=1S/C23H20ClN3O3S/c1-15-25-21-12-16(13-22(28)27-31(29,30)19-8-3-2-4-9-19)11-18(23(21)26-15)14-17-7-5-6-10-20(17)24/h2-12H,13-14H2,1H3,(H,25,26)(H,27,28). The second-order valence-corrected chi connectivity index (χ2v) is 9.35. The molecule has 0 fully saturated rings. The Kier molecular flexibility index (Phi) is 5.80. The van der Waals surface area contributed by atoms with E-state index >= 15 is 0 Å². The Morgan fingerprint density at radius 1 is 1.03 bits per heavy atom. The normalized spacial score (nSPS) is 11.5. The first kappa shape index (κ1) is 21.1. The molecule has 0 radical (unpaired) electrons. The van der Waals surface area contributed by atoms with Crippen LogP contribution in [0, 0.1) is 6.92 Å². The Balaban J connectivity index is 1.62. The average molecular weight is 454 g/mol. The molecule has 0 spiro atoms. The van der Waals surface area contributed by atoms with Gasteiger partial charge in [-0.2, -0.15) is 0 Å². The molecule has 0 aliphatic heterocycles. The van der Waals surface area contributed by atoms with E-state index in [1.54, 1.807) is 18.2 Å². The maximum Gasteiger partial charge on any atom is 0.264 e. The van der Waals surface area contributed by atoms with Gasteiger partial charge in [0.05, 0.1) is 22.3 Å². The number of rotatable bonds is 6. The number of aromatic nitrogens is 2. The van der Waals surface area contributed by atoms with Crippen molar-refractivity contribution in [1.82, 2.24) is 14.7 Å². The first-order valence-electron chi connectivity index (χ1n) is 9.64. The number of halogens is 1. The highest BCUT2D eigenvalue weighted by Gasteiger charge is 2.18. The van der Waals surface area contributed by atoms with Crippen LogP contribution in [0.5, 0.6) is 0 Å². The van der Waals surface area contributed by atoms with E-state index in [-0.39, 0.29) is 11.3 Å². The second kappa shape index (κ2) is 8.53. The number of H-pyrrole nitrogens is 1. The zero-order chi connectivity index (χ0) is 22.0. The molecule has 0 aliphatic carbocycles. The number of nitrogens with zero attached hydrogens (tertiary/aromatic N) is 1. The minimum absolute atomic E-state index is 0.0439. The Bertz CT molecular complexity index is 1370. The Morgan fingerprint density at radius 2 is 1.74 bits per heavy atom. The van der Waals surface area contributed by atoms with Gasteiger partial charge in [0.25, 0.3) is 10.0 Å². The van der Waals surface area contributed by atoms with Gasteiger partial charge in [-0.15, -0.1) is 0 Å². The van der Waals surface area contributed by atoms with Crippen LogP contribution in [-0.4, -0.2) is 24.3 Å². The van der Waals surface area contributed by atoms with Gasteiger partial charge in [0.1, 0.15) is 5.82 Å². The predicted molar refractivity (Wildman–Crippen MR) is 121 cm³/mol. The van der Waals surface area contributed by atoms with Crippen molar-refractivity contribution < 1.29 is 13.2 Å². The maximum absolute atomic E-state index is 12.5. The summed E-state index contributed by atoms with van der Waals surface area (Å²) >= 11 is 6.33. The minimum Gasteiger partial charge on any atom is -0.342 e. The fourth-order valence-electron chi connectivity index (χ4n) is 3.49. The van der Waals surface area contributed by atoms with Crippen LogP contribution in [-0.2, 0) is 27.7 Å². The average Bonchev–Trinajstić information content (AvgIpc) is 3.10. The smallest absolute Gasteiger partial charge is 0.264 e. The number of aromatic amines is 1. The lowest BCUT2D eigenvalue weighted by Gasteiger charge is -2.10. The van der Waals surface area contributed by atoms with Crippen molar-refractivity contribution in [3.63, 3.8) is 0 Å². The summed E-state index contributed by atoms with van der Waals surface area (Å²) in [5, 5.41) is 0.653. The van der Waals surface area contributed by atoms with Crippen LogP contribution in [0.1, 0.15) is 22.5 Å². The van der Waals surface area contributed by atoms with E-state index in [0.29, 0.717) is 17.0 Å². The van der Waals surface area contributed by atoms with Crippen LogP contribution >= 0.6 is 11.6 Å². The summed E-state index contributed by atoms with van der Waals surface area (Å²) in [6.07, 6.45) is 0.452. The van der Waals surface area contributed by atoms with Crippen LogP contribution in [0.2, 0.25) is 5.02 Å². The number of amides is 1. The Hall–Kier alpha value is -3.16. The third kappa shape index (κ3) is 4.78. The zero-order valence-electron chi connectivity index (χ0n) is 16.7. The molecule has 0 saturated carbocycles. The predicted octanol–water partition coefficient (Wildman–Crippen LogP) is 4.16. The van der Waals surface area contributed by atoms with Gasteiger partial charge in [-0.1, -0.05) is 54.1 Å². The number of sulfonamides is 1. The molecule has 0 aliphatic rings. The summed E-state index contributed by atoms with van der Waals surface area (Å²) < 4.78 is 27.0. The van der Waals surface area contributed by atoms with Crippen molar-refractivity contribution in [3.8, 4) is 0 Å². The molecule has 31 heavy (non-hydrogen) atoms. The van der Waals surface area contributed by atoms with E-state index in [9.17, 15) is 13.2 Å². The number of imidazole rings is 1. The van der Waals surface area contributed by atoms with Gasteiger partial charge in [0.15, 0.2) is 0 Å². The third-order valence-electron chi connectivity index (χ3n) is 4.85. The maximum atomic E-state index is 12.5. The highest BCUT2D eigenvalue weighted by Crippen LogP contribution is 2.25. The molecule has 0 atom stereocenters. The van der Waals surface area contributed by atoms with E-state index in [1.807, 2.05) is 43.3 Å². The Morgan fingerprint density at radius 3 is 2.48 bits per heavy atom. The number of fused-ring (bicyclic) bond motifs is 1. The molecule has 4 rings (SSSR count). The second-order valence-electron chi connectivity index (χ2n) is 7.26. The number of aryl methyl sites for hydroxylation is 1. The Labute approximate surface area is 185 Å². The lowest BCUT2D eigenvalue weighted by molar-refractivity contribution is -0.118. The molecule has 8 heteroatoms. The van der Waals surface area contributed by atoms with Gasteiger partial charge in [-0.05, 0) is 47.9 Å². The lowest BCUT2D eigenvalue weighted by Crippen LogP contribution is -2.31. The van der Waals surface area contributed by atoms with Crippen LogP contribution in [0.25, 0.3) is 11.0 Å². The summed E-state index contributed by atoms with van der Waals surface area (Å²) in [6, 6.07) is 19.1. The largest absolute Gasteiger partial charge is 0.342 e. The van der Waals surface area contributed by atoms with E-state index in [2.05, 4.69) is 14.7 Å². The van der Waals surface area contributed by atoms with Crippen LogP contribution in [0.4, 0.5) is 0 Å². The molecular weight excluding hydrogens is 434 g/mol. The molecule has 2 N–H and O–H groups in total. The van der Waals surface area contributed by atoms with Gasteiger partial charge < -0.3 is 4.98 Å². The number of hydrogen-bond acceptors (Lipinski definition) is 4. The third-order valence-corrected chi connectivity index (χ3v) is 6.61. The van der Waals surface area contributed by atoms with Gasteiger partial charge in [0, 0.05) is 11.4 Å². The molecule has 1 heterocycles. The molecule has 6 nitrogen and oxygen atoms in total. The zero-order valence-corrected chi connectivity index (χ0v) is 18.3. The van der Waals surface area contributed by atoms with Gasteiger partial charge in [0.2, 0.25) is 5.91 Å². The first-order chi connectivity index (χ1) is 14.8. The summed E-state index contributed by atoms with van der Waals surface area (Å²) in [6.45, 7) is 1.86. The van der Waals surface area contributed by atoms with Crippen molar-refractivity contribution in [2.45, 2.75) is 24.7 Å². The molecular formula is C23H20ClN3O3S. The fourth-order valence-corrected chi connectivity index (χ4v) is 4.70. The summed E-state index contributed by atoms with van der Waals surface area (Å²) in [4.78, 5) is 20.3. The van der Waals surface area contributed by atoms with E-state index < -0.39 is 15.9 Å². The monoisotopic (exact) mass is 453 g/mol. The highest BCUT2D eigenvalue weighted by atomic mass is 35.5. The minimum atomic E-state index is -3.92. The van der Waals surface area contributed by atoms with E-state index in [4.69, 9.17) is 11.6 Å². The van der Waals surface area contributed by atoms with Crippen molar-refractivity contribution in [2.24, 2.45) is 0 Å². The van der Waals surface area contributed by atoms with Crippen molar-refractivity contribution >= 4 is 38.6 Å². The quantitative estimate of drug-likeness (QED) is 0.458. The van der Waals surface area contributed by atoms with Gasteiger partial charge in [-0.25, -0.2) is 18.1 Å². The molecule has 0 unspecified atom stereocenters. The topological polar surface area (TPSA) is 91.9 Å². The molecule has 0 saturated heterocycles. The molecule has 158 valence electrons. The number of carbonyl (C=O) groups is 1. The van der Waals surface area contributed by atoms with Crippen molar-refractivity contribution in [2.75, 3.05) is 0 Å². The number of nitrogens with one attached hydrogen (secondary N) is 2. The first-order valence-corrected chi connectivity index (χ1v) is 11.5. The van der Waals surface area contributed by atoms with Gasteiger partial charge in [-0.3, -0.25) is 4.79 Å².